The van der Waals surface area contributed by atoms with E-state index < -0.39 is 0 Å². The number of ether oxygens (including phenoxy) is 1. The molecule has 2 aromatic rings. The first-order valence-corrected chi connectivity index (χ1v) is 9.56. The van der Waals surface area contributed by atoms with Gasteiger partial charge in [0.05, 0.1) is 31.3 Å². The minimum atomic E-state index is 0.343. The molecule has 6 heteroatoms. The summed E-state index contributed by atoms with van der Waals surface area (Å²) in [4.78, 5) is 4.83. The SMILES string of the molecule is CCNC(=NCc1ccccc1Cn1cccn1)NC1CC2CCC1O2. The molecule has 2 aliphatic heterocycles. The first-order chi connectivity index (χ1) is 12.8. The summed E-state index contributed by atoms with van der Waals surface area (Å²) >= 11 is 0. The molecule has 6 nitrogen and oxygen atoms in total. The van der Waals surface area contributed by atoms with Gasteiger partial charge in [0.15, 0.2) is 5.96 Å². The van der Waals surface area contributed by atoms with Gasteiger partial charge in [0.1, 0.15) is 0 Å². The number of hydrogen-bond donors (Lipinski definition) is 2. The quantitative estimate of drug-likeness (QED) is 0.618. The van der Waals surface area contributed by atoms with Gasteiger partial charge in [0.25, 0.3) is 0 Å². The fourth-order valence-corrected chi connectivity index (χ4v) is 3.88. The van der Waals surface area contributed by atoms with Crippen molar-refractivity contribution in [2.75, 3.05) is 6.54 Å². The lowest BCUT2D eigenvalue weighted by Crippen LogP contribution is -2.47. The van der Waals surface area contributed by atoms with Gasteiger partial charge in [0, 0.05) is 18.9 Å². The number of rotatable bonds is 6. The van der Waals surface area contributed by atoms with E-state index in [1.807, 2.05) is 23.1 Å². The summed E-state index contributed by atoms with van der Waals surface area (Å²) in [7, 11) is 0. The van der Waals surface area contributed by atoms with Crippen LogP contribution in [0.4, 0.5) is 0 Å². The van der Waals surface area contributed by atoms with Crippen molar-refractivity contribution in [2.45, 2.75) is 57.5 Å². The van der Waals surface area contributed by atoms with Crippen molar-refractivity contribution >= 4 is 5.96 Å². The number of nitrogens with zero attached hydrogens (tertiary/aromatic N) is 3. The van der Waals surface area contributed by atoms with Gasteiger partial charge in [-0.3, -0.25) is 4.68 Å². The van der Waals surface area contributed by atoms with Crippen LogP contribution >= 0.6 is 0 Å². The summed E-state index contributed by atoms with van der Waals surface area (Å²) in [6.45, 7) is 4.36. The van der Waals surface area contributed by atoms with Crippen LogP contribution in [-0.4, -0.2) is 40.5 Å². The molecule has 0 aliphatic carbocycles. The van der Waals surface area contributed by atoms with Crippen LogP contribution in [0.5, 0.6) is 0 Å². The number of guanidine groups is 1. The Hall–Kier alpha value is -2.34. The summed E-state index contributed by atoms with van der Waals surface area (Å²) in [6.07, 6.45) is 8.04. The monoisotopic (exact) mass is 353 g/mol. The first kappa shape index (κ1) is 17.1. The molecule has 2 bridgehead atoms. The third kappa shape index (κ3) is 3.90. The maximum atomic E-state index is 5.95. The summed E-state index contributed by atoms with van der Waals surface area (Å²) in [5, 5.41) is 11.3. The smallest absolute Gasteiger partial charge is 0.191 e. The average Bonchev–Trinajstić information content (AvgIpc) is 3.39. The highest BCUT2D eigenvalue weighted by molar-refractivity contribution is 5.80. The van der Waals surface area contributed by atoms with Gasteiger partial charge in [-0.05, 0) is 43.4 Å². The molecular formula is C20H27N5O. The largest absolute Gasteiger partial charge is 0.373 e. The topological polar surface area (TPSA) is 63.5 Å². The molecule has 3 heterocycles. The summed E-state index contributed by atoms with van der Waals surface area (Å²) in [5.74, 6) is 0.877. The molecule has 0 spiro atoms. The van der Waals surface area contributed by atoms with E-state index in [0.29, 0.717) is 24.8 Å². The number of aliphatic imine (C=N–C) groups is 1. The number of aromatic nitrogens is 2. The molecule has 2 aliphatic rings. The van der Waals surface area contributed by atoms with Crippen molar-refractivity contribution in [3.8, 4) is 0 Å². The molecule has 1 aromatic carbocycles. The molecule has 2 fully saturated rings. The highest BCUT2D eigenvalue weighted by Gasteiger charge is 2.41. The Kier molecular flexibility index (Phi) is 5.20. The second-order valence-corrected chi connectivity index (χ2v) is 7.03. The van der Waals surface area contributed by atoms with Gasteiger partial charge in [0.2, 0.25) is 0 Å². The molecule has 2 N–H and O–H groups in total. The number of hydrogen-bond acceptors (Lipinski definition) is 3. The first-order valence-electron chi connectivity index (χ1n) is 9.56. The van der Waals surface area contributed by atoms with E-state index in [0.717, 1.165) is 31.9 Å². The molecule has 2 saturated heterocycles. The van der Waals surface area contributed by atoms with Gasteiger partial charge >= 0.3 is 0 Å². The van der Waals surface area contributed by atoms with E-state index in [4.69, 9.17) is 9.73 Å². The van der Waals surface area contributed by atoms with Crippen molar-refractivity contribution < 1.29 is 4.74 Å². The predicted molar refractivity (Wildman–Crippen MR) is 102 cm³/mol. The van der Waals surface area contributed by atoms with Crippen LogP contribution in [0.15, 0.2) is 47.7 Å². The van der Waals surface area contributed by atoms with Crippen LogP contribution in [0.2, 0.25) is 0 Å². The van der Waals surface area contributed by atoms with Crippen LogP contribution in [0.1, 0.15) is 37.3 Å². The molecule has 1 aromatic heterocycles. The highest BCUT2D eigenvalue weighted by atomic mass is 16.5. The molecule has 0 radical (unpaired) electrons. The van der Waals surface area contributed by atoms with E-state index in [2.05, 4.69) is 46.9 Å². The van der Waals surface area contributed by atoms with E-state index in [1.165, 1.54) is 17.5 Å². The summed E-state index contributed by atoms with van der Waals surface area (Å²) in [5.41, 5.74) is 2.48. The van der Waals surface area contributed by atoms with E-state index >= 15 is 0 Å². The average molecular weight is 353 g/mol. The number of fused-ring (bicyclic) bond motifs is 2. The zero-order chi connectivity index (χ0) is 17.8. The van der Waals surface area contributed by atoms with Crippen molar-refractivity contribution in [3.05, 3.63) is 53.9 Å². The predicted octanol–water partition coefficient (Wildman–Crippen LogP) is 2.31. The van der Waals surface area contributed by atoms with Crippen molar-refractivity contribution in [1.29, 1.82) is 0 Å². The van der Waals surface area contributed by atoms with E-state index in [-0.39, 0.29) is 0 Å². The molecule has 0 amide bonds. The molecular weight excluding hydrogens is 326 g/mol. The lowest BCUT2D eigenvalue weighted by Gasteiger charge is -2.22. The zero-order valence-electron chi connectivity index (χ0n) is 15.3. The standard InChI is InChI=1S/C20H27N5O/c1-2-21-20(24-18-12-17-8-9-19(18)26-17)22-13-15-6-3-4-7-16(15)14-25-11-5-10-23-25/h3-7,10-11,17-19H,2,8-9,12-14H2,1H3,(H2,21,22,24). The van der Waals surface area contributed by atoms with Crippen molar-refractivity contribution in [1.82, 2.24) is 20.4 Å². The Balaban J connectivity index is 1.44. The van der Waals surface area contributed by atoms with Gasteiger partial charge < -0.3 is 15.4 Å². The van der Waals surface area contributed by atoms with Crippen LogP contribution in [0.3, 0.4) is 0 Å². The van der Waals surface area contributed by atoms with Gasteiger partial charge in [-0.25, -0.2) is 4.99 Å². The van der Waals surface area contributed by atoms with Crippen LogP contribution in [0, 0.1) is 0 Å². The minimum absolute atomic E-state index is 0.343. The Labute approximate surface area is 154 Å². The van der Waals surface area contributed by atoms with E-state index in [9.17, 15) is 0 Å². The summed E-state index contributed by atoms with van der Waals surface area (Å²) < 4.78 is 7.89. The van der Waals surface area contributed by atoms with Crippen molar-refractivity contribution in [3.63, 3.8) is 0 Å². The molecule has 138 valence electrons. The Morgan fingerprint density at radius 1 is 1.27 bits per heavy atom. The maximum Gasteiger partial charge on any atom is 0.191 e. The highest BCUT2D eigenvalue weighted by Crippen LogP contribution is 2.34. The van der Waals surface area contributed by atoms with Crippen LogP contribution in [-0.2, 0) is 17.8 Å². The number of benzene rings is 1. The fourth-order valence-electron chi connectivity index (χ4n) is 3.88. The minimum Gasteiger partial charge on any atom is -0.373 e. The van der Waals surface area contributed by atoms with Crippen LogP contribution in [0.25, 0.3) is 0 Å². The number of nitrogens with one attached hydrogen (secondary N) is 2. The van der Waals surface area contributed by atoms with Gasteiger partial charge in [-0.1, -0.05) is 24.3 Å². The lowest BCUT2D eigenvalue weighted by atomic mass is 9.96. The third-order valence-corrected chi connectivity index (χ3v) is 5.19. The fraction of sp³-hybridized carbons (Fsp3) is 0.500. The summed E-state index contributed by atoms with van der Waals surface area (Å²) in [6, 6.07) is 10.8. The molecule has 26 heavy (non-hydrogen) atoms. The molecule has 3 atom stereocenters. The third-order valence-electron chi connectivity index (χ3n) is 5.19. The molecule has 0 saturated carbocycles. The van der Waals surface area contributed by atoms with Crippen LogP contribution < -0.4 is 10.6 Å². The van der Waals surface area contributed by atoms with E-state index in [1.54, 1.807) is 0 Å². The molecule has 3 unspecified atom stereocenters. The zero-order valence-corrected chi connectivity index (χ0v) is 15.3. The van der Waals surface area contributed by atoms with Gasteiger partial charge in [-0.15, -0.1) is 0 Å². The lowest BCUT2D eigenvalue weighted by molar-refractivity contribution is 0.0992. The second kappa shape index (κ2) is 7.91. The Morgan fingerprint density at radius 2 is 2.15 bits per heavy atom. The molecule has 4 rings (SSSR count). The Morgan fingerprint density at radius 3 is 2.85 bits per heavy atom. The maximum absolute atomic E-state index is 5.95. The van der Waals surface area contributed by atoms with Gasteiger partial charge in [-0.2, -0.15) is 5.10 Å². The second-order valence-electron chi connectivity index (χ2n) is 7.03. The Bertz CT molecular complexity index is 742. The van der Waals surface area contributed by atoms with Crippen molar-refractivity contribution in [2.24, 2.45) is 4.99 Å². The normalized spacial score (nSPS) is 24.8.